The first-order valence-corrected chi connectivity index (χ1v) is 8.35. The lowest BCUT2D eigenvalue weighted by Gasteiger charge is -2.06. The minimum atomic E-state index is -3.69. The summed E-state index contributed by atoms with van der Waals surface area (Å²) >= 11 is 4.62. The standard InChI is InChI=1S/C10H11BrN4O2S2/c1-5-6(2)13-14-10(12-5)15-19(16,17)8-4-9(11)18-7(8)3/h4H,1-3H3,(H,12,14,15). The highest BCUT2D eigenvalue weighted by Crippen LogP contribution is 2.30. The number of hydrogen-bond donors (Lipinski definition) is 1. The van der Waals surface area contributed by atoms with E-state index < -0.39 is 10.0 Å². The number of rotatable bonds is 3. The second-order valence-electron chi connectivity index (χ2n) is 3.88. The second-order valence-corrected chi connectivity index (χ2v) is 8.17. The molecule has 0 radical (unpaired) electrons. The molecule has 0 spiro atoms. The molecule has 0 atom stereocenters. The van der Waals surface area contributed by atoms with Gasteiger partial charge < -0.3 is 0 Å². The van der Waals surface area contributed by atoms with Crippen LogP contribution in [-0.4, -0.2) is 23.6 Å². The Balaban J connectivity index is 2.36. The Hall–Kier alpha value is -1.06. The van der Waals surface area contributed by atoms with Gasteiger partial charge in [0, 0.05) is 4.88 Å². The predicted molar refractivity (Wildman–Crippen MR) is 76.9 cm³/mol. The van der Waals surface area contributed by atoms with Crippen LogP contribution in [0.15, 0.2) is 14.7 Å². The lowest BCUT2D eigenvalue weighted by Crippen LogP contribution is -2.16. The highest BCUT2D eigenvalue weighted by atomic mass is 79.9. The number of hydrogen-bond acceptors (Lipinski definition) is 6. The molecule has 0 fully saturated rings. The predicted octanol–water partition coefficient (Wildman–Crippen LogP) is 2.42. The van der Waals surface area contributed by atoms with Crippen molar-refractivity contribution in [1.29, 1.82) is 0 Å². The smallest absolute Gasteiger partial charge is 0.246 e. The van der Waals surface area contributed by atoms with Crippen LogP contribution in [0.4, 0.5) is 5.95 Å². The van der Waals surface area contributed by atoms with Gasteiger partial charge in [-0.05, 0) is 42.8 Å². The molecular weight excluding hydrogens is 352 g/mol. The Morgan fingerprint density at radius 2 is 1.89 bits per heavy atom. The first kappa shape index (κ1) is 14.4. The first-order chi connectivity index (χ1) is 8.79. The highest BCUT2D eigenvalue weighted by molar-refractivity contribution is 9.11. The molecule has 102 valence electrons. The van der Waals surface area contributed by atoms with Gasteiger partial charge in [0.25, 0.3) is 16.0 Å². The van der Waals surface area contributed by atoms with E-state index in [2.05, 4.69) is 35.8 Å². The molecular formula is C10H11BrN4O2S2. The van der Waals surface area contributed by atoms with E-state index in [-0.39, 0.29) is 10.8 Å². The maximum absolute atomic E-state index is 12.2. The van der Waals surface area contributed by atoms with E-state index in [0.29, 0.717) is 16.3 Å². The molecule has 0 bridgehead atoms. The largest absolute Gasteiger partial charge is 0.265 e. The molecule has 2 aromatic heterocycles. The third-order valence-corrected chi connectivity index (χ3v) is 5.59. The lowest BCUT2D eigenvalue weighted by molar-refractivity contribution is 0.600. The van der Waals surface area contributed by atoms with E-state index >= 15 is 0 Å². The molecule has 19 heavy (non-hydrogen) atoms. The zero-order valence-electron chi connectivity index (χ0n) is 10.4. The van der Waals surface area contributed by atoms with Crippen molar-refractivity contribution in [2.45, 2.75) is 25.7 Å². The van der Waals surface area contributed by atoms with E-state index in [1.54, 1.807) is 26.8 Å². The molecule has 0 amide bonds. The maximum atomic E-state index is 12.2. The third-order valence-electron chi connectivity index (χ3n) is 2.45. The van der Waals surface area contributed by atoms with Gasteiger partial charge in [-0.1, -0.05) is 0 Å². The van der Waals surface area contributed by atoms with Crippen molar-refractivity contribution in [3.8, 4) is 0 Å². The Labute approximate surface area is 123 Å². The average molecular weight is 363 g/mol. The summed E-state index contributed by atoms with van der Waals surface area (Å²) < 4.78 is 27.5. The van der Waals surface area contributed by atoms with E-state index in [0.717, 1.165) is 3.79 Å². The molecule has 6 nitrogen and oxygen atoms in total. The molecule has 9 heteroatoms. The van der Waals surface area contributed by atoms with Gasteiger partial charge in [0.15, 0.2) is 0 Å². The van der Waals surface area contributed by atoms with Crippen LogP contribution in [0.1, 0.15) is 16.3 Å². The fraction of sp³-hybridized carbons (Fsp3) is 0.300. The molecule has 0 aliphatic heterocycles. The van der Waals surface area contributed by atoms with Gasteiger partial charge in [-0.2, -0.15) is 5.10 Å². The molecule has 2 rings (SSSR count). The molecule has 0 unspecified atom stereocenters. The van der Waals surface area contributed by atoms with Gasteiger partial charge >= 0.3 is 0 Å². The summed E-state index contributed by atoms with van der Waals surface area (Å²) in [6, 6.07) is 1.55. The Morgan fingerprint density at radius 1 is 1.21 bits per heavy atom. The van der Waals surface area contributed by atoms with Crippen molar-refractivity contribution in [1.82, 2.24) is 15.2 Å². The molecule has 0 aromatic carbocycles. The SMILES string of the molecule is Cc1nnc(NS(=O)(=O)c2cc(Br)sc2C)nc1C. The van der Waals surface area contributed by atoms with Crippen molar-refractivity contribution >= 4 is 43.2 Å². The number of aryl methyl sites for hydroxylation is 3. The molecule has 0 aliphatic rings. The van der Waals surface area contributed by atoms with Gasteiger partial charge in [-0.25, -0.2) is 18.1 Å². The van der Waals surface area contributed by atoms with Crippen LogP contribution in [0.3, 0.4) is 0 Å². The normalized spacial score (nSPS) is 11.6. The summed E-state index contributed by atoms with van der Waals surface area (Å²) in [5.41, 5.74) is 1.30. The van der Waals surface area contributed by atoms with E-state index in [1.165, 1.54) is 11.3 Å². The summed E-state index contributed by atoms with van der Waals surface area (Å²) in [5, 5.41) is 7.56. The summed E-state index contributed by atoms with van der Waals surface area (Å²) in [6.07, 6.45) is 0. The minimum absolute atomic E-state index is 0.0233. The Kier molecular flexibility index (Phi) is 3.88. The monoisotopic (exact) mass is 362 g/mol. The van der Waals surface area contributed by atoms with Crippen molar-refractivity contribution in [3.63, 3.8) is 0 Å². The molecule has 0 saturated heterocycles. The first-order valence-electron chi connectivity index (χ1n) is 5.26. The summed E-state index contributed by atoms with van der Waals surface area (Å²) in [5.74, 6) is -0.0233. The highest BCUT2D eigenvalue weighted by Gasteiger charge is 2.21. The van der Waals surface area contributed by atoms with E-state index in [9.17, 15) is 8.42 Å². The van der Waals surface area contributed by atoms with Crippen LogP contribution >= 0.6 is 27.3 Å². The number of aromatic nitrogens is 3. The fourth-order valence-electron chi connectivity index (χ4n) is 1.37. The topological polar surface area (TPSA) is 84.8 Å². The Morgan fingerprint density at radius 3 is 2.42 bits per heavy atom. The van der Waals surface area contributed by atoms with Crippen LogP contribution < -0.4 is 4.72 Å². The zero-order valence-corrected chi connectivity index (χ0v) is 13.6. The number of anilines is 1. The molecule has 0 saturated carbocycles. The molecule has 0 aliphatic carbocycles. The van der Waals surface area contributed by atoms with Gasteiger partial charge in [-0.3, -0.25) is 0 Å². The van der Waals surface area contributed by atoms with Crippen molar-refractivity contribution in [3.05, 3.63) is 26.1 Å². The molecule has 2 heterocycles. The van der Waals surface area contributed by atoms with Crippen molar-refractivity contribution in [2.75, 3.05) is 4.72 Å². The number of thiophene rings is 1. The van der Waals surface area contributed by atoms with Gasteiger partial charge in [0.05, 0.1) is 15.2 Å². The van der Waals surface area contributed by atoms with Gasteiger partial charge in [0.1, 0.15) is 4.90 Å². The van der Waals surface area contributed by atoms with Crippen LogP contribution in [0, 0.1) is 20.8 Å². The van der Waals surface area contributed by atoms with Crippen molar-refractivity contribution < 1.29 is 8.42 Å². The molecule has 1 N–H and O–H groups in total. The van der Waals surface area contributed by atoms with Crippen molar-refractivity contribution in [2.24, 2.45) is 0 Å². The Bertz CT molecular complexity index is 727. The van der Waals surface area contributed by atoms with E-state index in [1.807, 2.05) is 0 Å². The van der Waals surface area contributed by atoms with Crippen LogP contribution in [0.5, 0.6) is 0 Å². The summed E-state index contributed by atoms with van der Waals surface area (Å²) in [6.45, 7) is 5.24. The van der Waals surface area contributed by atoms with Gasteiger partial charge in [0.2, 0.25) is 0 Å². The van der Waals surface area contributed by atoms with Crippen LogP contribution in [0.2, 0.25) is 0 Å². The number of halogens is 1. The minimum Gasteiger partial charge on any atom is -0.246 e. The quantitative estimate of drug-likeness (QED) is 0.905. The van der Waals surface area contributed by atoms with E-state index in [4.69, 9.17) is 0 Å². The van der Waals surface area contributed by atoms with Crippen LogP contribution in [0.25, 0.3) is 0 Å². The summed E-state index contributed by atoms with van der Waals surface area (Å²) in [4.78, 5) is 4.95. The summed E-state index contributed by atoms with van der Waals surface area (Å²) in [7, 11) is -3.69. The maximum Gasteiger partial charge on any atom is 0.265 e. The number of sulfonamides is 1. The molecule has 2 aromatic rings. The lowest BCUT2D eigenvalue weighted by atomic mass is 10.4. The fourth-order valence-corrected chi connectivity index (χ4v) is 4.73. The van der Waals surface area contributed by atoms with Crippen LogP contribution in [-0.2, 0) is 10.0 Å². The third kappa shape index (κ3) is 3.10. The number of nitrogens with one attached hydrogen (secondary N) is 1. The van der Waals surface area contributed by atoms with Gasteiger partial charge in [-0.15, -0.1) is 16.4 Å². The average Bonchev–Trinajstić information content (AvgIpc) is 2.63. The zero-order chi connectivity index (χ0) is 14.2. The number of nitrogens with zero attached hydrogens (tertiary/aromatic N) is 3. The second kappa shape index (κ2) is 5.14.